The Morgan fingerprint density at radius 3 is 2.48 bits per heavy atom. The highest BCUT2D eigenvalue weighted by Gasteiger charge is 2.45. The summed E-state index contributed by atoms with van der Waals surface area (Å²) in [7, 11) is 0. The first-order valence-electron chi connectivity index (χ1n) is 10.0. The number of hydrogen-bond donors (Lipinski definition) is 3. The number of carbonyl (C=O) groups is 3. The lowest BCUT2D eigenvalue weighted by Gasteiger charge is -2.27. The molecular formula is C23H23N3O4S. The molecule has 1 aromatic heterocycles. The van der Waals surface area contributed by atoms with Crippen LogP contribution in [0.3, 0.4) is 0 Å². The van der Waals surface area contributed by atoms with E-state index in [0.29, 0.717) is 12.2 Å². The molecule has 2 atom stereocenters. The molecule has 0 saturated carbocycles. The van der Waals surface area contributed by atoms with Crippen LogP contribution in [0.1, 0.15) is 11.1 Å². The number of benzene rings is 2. The number of aromatic nitrogens is 1. The normalized spacial score (nSPS) is 16.2. The van der Waals surface area contributed by atoms with E-state index in [-0.39, 0.29) is 13.0 Å². The maximum Gasteiger partial charge on any atom is 0.328 e. The molecule has 2 N–H and O–H groups in total. The van der Waals surface area contributed by atoms with Crippen LogP contribution in [-0.4, -0.2) is 62.2 Å². The fourth-order valence-corrected chi connectivity index (χ4v) is 4.39. The zero-order valence-electron chi connectivity index (χ0n) is 16.8. The summed E-state index contributed by atoms with van der Waals surface area (Å²) in [5, 5.41) is 10.8. The van der Waals surface area contributed by atoms with Crippen LogP contribution in [0.25, 0.3) is 10.9 Å². The fraction of sp³-hybridized carbons (Fsp3) is 0.261. The fourth-order valence-electron chi connectivity index (χ4n) is 4.10. The summed E-state index contributed by atoms with van der Waals surface area (Å²) in [6.07, 6.45) is 2.33. The Bertz CT molecular complexity index is 1110. The molecule has 160 valence electrons. The SMILES string of the molecule is O=C(O)[C@H](Cc1c[nH]c2ccccc12)N1CC(=O)N(C(CS)Cc2ccccc2)C1=O. The van der Waals surface area contributed by atoms with E-state index >= 15 is 0 Å². The number of carboxylic acids is 1. The summed E-state index contributed by atoms with van der Waals surface area (Å²) in [4.78, 5) is 43.5. The molecule has 1 aliphatic heterocycles. The first-order valence-corrected chi connectivity index (χ1v) is 10.7. The molecule has 1 aliphatic rings. The number of carbonyl (C=O) groups excluding carboxylic acids is 2. The molecule has 1 unspecified atom stereocenters. The minimum atomic E-state index is -1.14. The van der Waals surface area contributed by atoms with Crippen molar-refractivity contribution in [2.45, 2.75) is 24.9 Å². The van der Waals surface area contributed by atoms with E-state index in [1.54, 1.807) is 6.20 Å². The van der Waals surface area contributed by atoms with E-state index in [1.165, 1.54) is 4.90 Å². The highest BCUT2D eigenvalue weighted by Crippen LogP contribution is 2.25. The number of nitrogens with zero attached hydrogens (tertiary/aromatic N) is 2. The van der Waals surface area contributed by atoms with Gasteiger partial charge in [0.2, 0.25) is 0 Å². The van der Waals surface area contributed by atoms with Gasteiger partial charge in [0.05, 0.1) is 6.04 Å². The number of rotatable bonds is 8. The molecule has 8 heteroatoms. The van der Waals surface area contributed by atoms with Crippen molar-refractivity contribution in [3.05, 3.63) is 71.9 Å². The third-order valence-corrected chi connectivity index (χ3v) is 6.09. The number of hydrogen-bond acceptors (Lipinski definition) is 4. The maximum atomic E-state index is 13.2. The number of nitrogens with one attached hydrogen (secondary N) is 1. The molecule has 1 fully saturated rings. The number of imide groups is 1. The van der Waals surface area contributed by atoms with Crippen molar-refractivity contribution in [3.63, 3.8) is 0 Å². The van der Waals surface area contributed by atoms with Gasteiger partial charge in [-0.3, -0.25) is 9.69 Å². The van der Waals surface area contributed by atoms with Crippen molar-refractivity contribution in [1.29, 1.82) is 0 Å². The summed E-state index contributed by atoms with van der Waals surface area (Å²) < 4.78 is 0. The molecule has 0 bridgehead atoms. The zero-order valence-corrected chi connectivity index (χ0v) is 17.7. The number of fused-ring (bicyclic) bond motifs is 1. The first-order chi connectivity index (χ1) is 15.0. The van der Waals surface area contributed by atoms with Gasteiger partial charge in [-0.15, -0.1) is 0 Å². The molecule has 0 spiro atoms. The highest BCUT2D eigenvalue weighted by atomic mass is 32.1. The van der Waals surface area contributed by atoms with Gasteiger partial charge in [-0.25, -0.2) is 9.59 Å². The average Bonchev–Trinajstić information content (AvgIpc) is 3.31. The van der Waals surface area contributed by atoms with Crippen molar-refractivity contribution in [3.8, 4) is 0 Å². The van der Waals surface area contributed by atoms with Crippen molar-refractivity contribution in [1.82, 2.24) is 14.8 Å². The van der Waals surface area contributed by atoms with Crippen LogP contribution in [0.15, 0.2) is 60.8 Å². The number of aliphatic carboxylic acids is 1. The van der Waals surface area contributed by atoms with Gasteiger partial charge in [0.1, 0.15) is 12.6 Å². The molecule has 0 radical (unpaired) electrons. The minimum Gasteiger partial charge on any atom is -0.480 e. The summed E-state index contributed by atoms with van der Waals surface area (Å²) >= 11 is 4.35. The summed E-state index contributed by atoms with van der Waals surface area (Å²) in [5.41, 5.74) is 2.66. The highest BCUT2D eigenvalue weighted by molar-refractivity contribution is 7.80. The van der Waals surface area contributed by atoms with Crippen LogP contribution in [0.5, 0.6) is 0 Å². The van der Waals surface area contributed by atoms with Crippen LogP contribution in [0.2, 0.25) is 0 Å². The van der Waals surface area contributed by atoms with E-state index < -0.39 is 30.0 Å². The molecule has 1 saturated heterocycles. The monoisotopic (exact) mass is 437 g/mol. The van der Waals surface area contributed by atoms with E-state index in [0.717, 1.165) is 26.9 Å². The summed E-state index contributed by atoms with van der Waals surface area (Å²) in [5.74, 6) is -1.25. The second kappa shape index (κ2) is 8.85. The summed E-state index contributed by atoms with van der Waals surface area (Å²) in [6, 6.07) is 15.0. The second-order valence-electron chi connectivity index (χ2n) is 7.62. The van der Waals surface area contributed by atoms with E-state index in [2.05, 4.69) is 17.6 Å². The number of carboxylic acid groups (broad SMARTS) is 1. The van der Waals surface area contributed by atoms with Crippen LogP contribution in [0.4, 0.5) is 4.79 Å². The van der Waals surface area contributed by atoms with E-state index in [1.807, 2.05) is 54.6 Å². The Balaban J connectivity index is 1.57. The largest absolute Gasteiger partial charge is 0.480 e. The topological polar surface area (TPSA) is 93.7 Å². The van der Waals surface area contributed by atoms with E-state index in [9.17, 15) is 19.5 Å². The molecule has 2 aromatic carbocycles. The Labute approximate surface area is 185 Å². The molecule has 0 aliphatic carbocycles. The van der Waals surface area contributed by atoms with Gasteiger partial charge in [0.25, 0.3) is 5.91 Å². The predicted octanol–water partition coefficient (Wildman–Crippen LogP) is 2.97. The molecular weight excluding hydrogens is 414 g/mol. The number of thiol groups is 1. The quantitative estimate of drug-likeness (QED) is 0.373. The first kappa shape index (κ1) is 21.0. The number of amides is 3. The smallest absolute Gasteiger partial charge is 0.328 e. The van der Waals surface area contributed by atoms with Gasteiger partial charge < -0.3 is 15.0 Å². The van der Waals surface area contributed by atoms with Crippen LogP contribution in [-0.2, 0) is 22.4 Å². The number of para-hydroxylation sites is 1. The van der Waals surface area contributed by atoms with Crippen LogP contribution >= 0.6 is 12.6 Å². The third-order valence-electron chi connectivity index (χ3n) is 5.67. The van der Waals surface area contributed by atoms with Crippen LogP contribution < -0.4 is 0 Å². The Morgan fingerprint density at radius 2 is 1.77 bits per heavy atom. The van der Waals surface area contributed by atoms with Gasteiger partial charge in [-0.2, -0.15) is 12.6 Å². The van der Waals surface area contributed by atoms with Gasteiger partial charge in [0, 0.05) is 29.3 Å². The average molecular weight is 438 g/mol. The Kier molecular flexibility index (Phi) is 5.99. The Hall–Kier alpha value is -3.26. The standard InChI is InChI=1S/C23H23N3O4S/c27-21-13-25(23(30)26(21)17(14-31)10-15-6-2-1-3-7-15)20(22(28)29)11-16-12-24-19-9-5-4-8-18(16)19/h1-9,12,17,20,24,31H,10-11,13-14H2,(H,28,29)/t17?,20-/m0/s1. The minimum absolute atomic E-state index is 0.108. The lowest BCUT2D eigenvalue weighted by atomic mass is 10.0. The number of aromatic amines is 1. The van der Waals surface area contributed by atoms with Crippen LogP contribution in [0, 0.1) is 0 Å². The molecule has 3 amide bonds. The third kappa shape index (κ3) is 4.16. The van der Waals surface area contributed by atoms with Crippen molar-refractivity contribution in [2.24, 2.45) is 0 Å². The molecule has 2 heterocycles. The molecule has 7 nitrogen and oxygen atoms in total. The van der Waals surface area contributed by atoms with Gasteiger partial charge in [0.15, 0.2) is 0 Å². The predicted molar refractivity (Wildman–Crippen MR) is 120 cm³/mol. The van der Waals surface area contributed by atoms with Crippen molar-refractivity contribution in [2.75, 3.05) is 12.3 Å². The number of H-pyrrole nitrogens is 1. The van der Waals surface area contributed by atoms with Gasteiger partial charge >= 0.3 is 12.0 Å². The van der Waals surface area contributed by atoms with Crippen molar-refractivity contribution >= 4 is 41.4 Å². The second-order valence-corrected chi connectivity index (χ2v) is 7.98. The Morgan fingerprint density at radius 1 is 1.06 bits per heavy atom. The van der Waals surface area contributed by atoms with Crippen molar-refractivity contribution < 1.29 is 19.5 Å². The lowest BCUT2D eigenvalue weighted by Crippen LogP contribution is -2.48. The summed E-state index contributed by atoms with van der Waals surface area (Å²) in [6.45, 7) is -0.253. The molecule has 31 heavy (non-hydrogen) atoms. The van der Waals surface area contributed by atoms with E-state index in [4.69, 9.17) is 0 Å². The lowest BCUT2D eigenvalue weighted by molar-refractivity contribution is -0.142. The zero-order chi connectivity index (χ0) is 22.0. The maximum absolute atomic E-state index is 13.2. The molecule has 3 aromatic rings. The number of urea groups is 1. The van der Waals surface area contributed by atoms with Gasteiger partial charge in [-0.05, 0) is 23.6 Å². The van der Waals surface area contributed by atoms with Gasteiger partial charge in [-0.1, -0.05) is 48.5 Å². The molecule has 4 rings (SSSR count).